The molecule has 0 heterocycles. The summed E-state index contributed by atoms with van der Waals surface area (Å²) < 4.78 is 29.8. The Morgan fingerprint density at radius 3 is 2.06 bits per heavy atom. The molecule has 248 valence electrons. The van der Waals surface area contributed by atoms with Crippen LogP contribution in [-0.2, 0) is 39.0 Å². The first-order valence-electron chi connectivity index (χ1n) is 15.6. The van der Waals surface area contributed by atoms with Crippen LogP contribution in [0, 0.1) is 12.8 Å². The smallest absolute Gasteiger partial charge is 0.264 e. The van der Waals surface area contributed by atoms with Crippen molar-refractivity contribution in [3.63, 3.8) is 0 Å². The van der Waals surface area contributed by atoms with E-state index < -0.39 is 28.5 Å². The zero-order valence-electron chi connectivity index (χ0n) is 27.1. The summed E-state index contributed by atoms with van der Waals surface area (Å²) in [7, 11) is -4.21. The number of anilines is 1. The number of amides is 2. The number of nitrogens with zero attached hydrogens (tertiary/aromatic N) is 2. The Morgan fingerprint density at radius 1 is 0.830 bits per heavy atom. The summed E-state index contributed by atoms with van der Waals surface area (Å²) in [6, 6.07) is 27.1. The highest BCUT2D eigenvalue weighted by atomic mass is 35.5. The van der Waals surface area contributed by atoms with Crippen LogP contribution in [0.15, 0.2) is 102 Å². The molecule has 0 spiro atoms. The minimum absolute atomic E-state index is 0.0537. The molecule has 4 aromatic rings. The Labute approximate surface area is 288 Å². The summed E-state index contributed by atoms with van der Waals surface area (Å²) in [4.78, 5) is 30.1. The van der Waals surface area contributed by atoms with Crippen molar-refractivity contribution in [2.45, 2.75) is 58.0 Å². The number of para-hydroxylation sites is 1. The third kappa shape index (κ3) is 9.15. The molecule has 0 saturated heterocycles. The molecule has 0 aliphatic heterocycles. The van der Waals surface area contributed by atoms with Gasteiger partial charge in [0.2, 0.25) is 11.8 Å². The van der Waals surface area contributed by atoms with E-state index in [2.05, 4.69) is 5.32 Å². The van der Waals surface area contributed by atoms with E-state index in [-0.39, 0.29) is 29.7 Å². The predicted molar refractivity (Wildman–Crippen MR) is 190 cm³/mol. The number of carbonyl (C=O) groups excluding carboxylic acids is 2. The molecular weight excluding hydrogens is 653 g/mol. The molecule has 10 heteroatoms. The summed E-state index contributed by atoms with van der Waals surface area (Å²) in [5.74, 6) is -0.775. The summed E-state index contributed by atoms with van der Waals surface area (Å²) in [5, 5.41) is 3.65. The molecule has 47 heavy (non-hydrogen) atoms. The van der Waals surface area contributed by atoms with Crippen molar-refractivity contribution in [1.29, 1.82) is 0 Å². The summed E-state index contributed by atoms with van der Waals surface area (Å²) >= 11 is 13.2. The van der Waals surface area contributed by atoms with Gasteiger partial charge in [0.05, 0.1) is 10.6 Å². The summed E-state index contributed by atoms with van der Waals surface area (Å²) in [6.45, 7) is 7.50. The van der Waals surface area contributed by atoms with Gasteiger partial charge in [0.15, 0.2) is 0 Å². The zero-order chi connectivity index (χ0) is 34.1. The van der Waals surface area contributed by atoms with Crippen LogP contribution >= 0.6 is 23.2 Å². The number of carbonyl (C=O) groups is 2. The number of sulfonamides is 1. The second-order valence-electron chi connectivity index (χ2n) is 11.9. The van der Waals surface area contributed by atoms with E-state index in [1.807, 2.05) is 70.2 Å². The molecule has 0 fully saturated rings. The van der Waals surface area contributed by atoms with Crippen LogP contribution in [0.25, 0.3) is 0 Å². The van der Waals surface area contributed by atoms with Crippen molar-refractivity contribution in [3.05, 3.63) is 129 Å². The normalized spacial score (nSPS) is 12.1. The number of nitrogens with one attached hydrogen (secondary N) is 1. The molecule has 4 rings (SSSR count). The predicted octanol–water partition coefficient (Wildman–Crippen LogP) is 7.47. The molecule has 1 atom stereocenters. The maximum atomic E-state index is 14.7. The van der Waals surface area contributed by atoms with Crippen LogP contribution in [0.3, 0.4) is 0 Å². The van der Waals surface area contributed by atoms with Crippen molar-refractivity contribution in [2.75, 3.05) is 17.4 Å². The second kappa shape index (κ2) is 16.3. The Bertz CT molecular complexity index is 1760. The molecule has 0 radical (unpaired) electrons. The number of aryl methyl sites for hydroxylation is 2. The zero-order valence-corrected chi connectivity index (χ0v) is 29.4. The van der Waals surface area contributed by atoms with Crippen molar-refractivity contribution < 1.29 is 18.0 Å². The Morgan fingerprint density at radius 2 is 1.45 bits per heavy atom. The van der Waals surface area contributed by atoms with Crippen molar-refractivity contribution in [2.24, 2.45) is 5.92 Å². The monoisotopic (exact) mass is 693 g/mol. The molecule has 1 unspecified atom stereocenters. The maximum absolute atomic E-state index is 14.7. The lowest BCUT2D eigenvalue weighted by atomic mass is 10.0. The average molecular weight is 695 g/mol. The Hall–Kier alpha value is -3.85. The lowest BCUT2D eigenvalue weighted by molar-refractivity contribution is -0.140. The molecule has 4 aromatic carbocycles. The minimum Gasteiger partial charge on any atom is -0.354 e. The number of rotatable bonds is 14. The first-order valence-corrected chi connectivity index (χ1v) is 17.8. The molecule has 0 bridgehead atoms. The van der Waals surface area contributed by atoms with Crippen molar-refractivity contribution >= 4 is 50.7 Å². The van der Waals surface area contributed by atoms with Crippen LogP contribution in [-0.4, -0.2) is 44.3 Å². The van der Waals surface area contributed by atoms with E-state index in [1.165, 1.54) is 17.0 Å². The first-order chi connectivity index (χ1) is 22.4. The Kier molecular flexibility index (Phi) is 12.5. The van der Waals surface area contributed by atoms with E-state index in [4.69, 9.17) is 23.2 Å². The van der Waals surface area contributed by atoms with Gasteiger partial charge in [-0.3, -0.25) is 13.9 Å². The molecular formula is C37H41Cl2N3O4S. The molecule has 7 nitrogen and oxygen atoms in total. The van der Waals surface area contributed by atoms with Gasteiger partial charge in [-0.05, 0) is 60.7 Å². The molecule has 0 aliphatic rings. The Balaban J connectivity index is 1.86. The molecule has 0 aromatic heterocycles. The number of halogens is 2. The van der Waals surface area contributed by atoms with Crippen LogP contribution in [0.5, 0.6) is 0 Å². The van der Waals surface area contributed by atoms with Crippen LogP contribution < -0.4 is 9.62 Å². The third-order valence-electron chi connectivity index (χ3n) is 7.87. The van der Waals surface area contributed by atoms with E-state index >= 15 is 0 Å². The van der Waals surface area contributed by atoms with Crippen LogP contribution in [0.1, 0.15) is 43.0 Å². The quantitative estimate of drug-likeness (QED) is 0.148. The lowest BCUT2D eigenvalue weighted by Crippen LogP contribution is -2.54. The van der Waals surface area contributed by atoms with Gasteiger partial charge in [-0.2, -0.15) is 0 Å². The number of hydrogen-bond donors (Lipinski definition) is 1. The van der Waals surface area contributed by atoms with Gasteiger partial charge < -0.3 is 10.2 Å². The fourth-order valence-corrected chi connectivity index (χ4v) is 7.20. The van der Waals surface area contributed by atoms with Crippen LogP contribution in [0.2, 0.25) is 10.0 Å². The van der Waals surface area contributed by atoms with Gasteiger partial charge in [-0.1, -0.05) is 116 Å². The average Bonchev–Trinajstić information content (AvgIpc) is 3.05. The minimum atomic E-state index is -4.21. The molecule has 0 saturated carbocycles. The van der Waals surface area contributed by atoms with Crippen LogP contribution in [0.4, 0.5) is 5.69 Å². The van der Waals surface area contributed by atoms with Gasteiger partial charge in [-0.25, -0.2) is 8.42 Å². The van der Waals surface area contributed by atoms with Gasteiger partial charge in [0.1, 0.15) is 12.6 Å². The second-order valence-corrected chi connectivity index (χ2v) is 14.6. The SMILES string of the molecule is CCc1ccccc1N(CC(=O)N(Cc1c(Cl)cccc1Cl)C(Cc1ccccc1)C(=O)NCC(C)C)S(=O)(=O)c1ccc(C)cc1. The van der Waals surface area contributed by atoms with E-state index in [0.717, 1.165) is 21.0 Å². The van der Waals surface area contributed by atoms with Crippen molar-refractivity contribution in [1.82, 2.24) is 10.2 Å². The fraction of sp³-hybridized carbons (Fsp3) is 0.297. The molecule has 2 amide bonds. The number of hydrogen-bond acceptors (Lipinski definition) is 4. The standard InChI is InChI=1S/C37H41Cl2N3O4S/c1-5-29-14-9-10-17-34(29)42(47(45,46)30-20-18-27(4)19-21-30)25-36(43)41(24-31-32(38)15-11-16-33(31)39)35(37(44)40-23-26(2)3)22-28-12-7-6-8-13-28/h6-21,26,35H,5,22-25H2,1-4H3,(H,40,44). The van der Waals surface area contributed by atoms with E-state index in [0.29, 0.717) is 34.3 Å². The maximum Gasteiger partial charge on any atom is 0.264 e. The first kappa shape index (κ1) is 36.0. The third-order valence-corrected chi connectivity index (χ3v) is 10.4. The van der Waals surface area contributed by atoms with Gasteiger partial charge in [0.25, 0.3) is 10.0 Å². The highest BCUT2D eigenvalue weighted by Crippen LogP contribution is 2.30. The largest absolute Gasteiger partial charge is 0.354 e. The van der Waals surface area contributed by atoms with E-state index in [9.17, 15) is 18.0 Å². The van der Waals surface area contributed by atoms with Gasteiger partial charge in [0, 0.05) is 35.1 Å². The molecule has 1 N–H and O–H groups in total. The number of benzene rings is 4. The lowest BCUT2D eigenvalue weighted by Gasteiger charge is -2.34. The van der Waals surface area contributed by atoms with Gasteiger partial charge in [-0.15, -0.1) is 0 Å². The fourth-order valence-electron chi connectivity index (χ4n) is 5.23. The van der Waals surface area contributed by atoms with Crippen molar-refractivity contribution in [3.8, 4) is 0 Å². The summed E-state index contributed by atoms with van der Waals surface area (Å²) in [6.07, 6.45) is 0.728. The topological polar surface area (TPSA) is 86.8 Å². The highest BCUT2D eigenvalue weighted by molar-refractivity contribution is 7.92. The highest BCUT2D eigenvalue weighted by Gasteiger charge is 2.35. The van der Waals surface area contributed by atoms with Gasteiger partial charge >= 0.3 is 0 Å². The van der Waals surface area contributed by atoms with E-state index in [1.54, 1.807) is 42.5 Å². The molecule has 0 aliphatic carbocycles. The summed E-state index contributed by atoms with van der Waals surface area (Å²) in [5.41, 5.74) is 3.34.